The van der Waals surface area contributed by atoms with Crippen molar-refractivity contribution in [3.05, 3.63) is 64.2 Å². The van der Waals surface area contributed by atoms with Crippen LogP contribution >= 0.6 is 0 Å². The molecule has 0 aliphatic heterocycles. The van der Waals surface area contributed by atoms with Crippen molar-refractivity contribution >= 4 is 5.69 Å². The van der Waals surface area contributed by atoms with E-state index >= 15 is 0 Å². The molecule has 0 saturated carbocycles. The second-order valence-electron chi connectivity index (χ2n) is 4.83. The molecule has 0 aliphatic carbocycles. The fourth-order valence-electron chi connectivity index (χ4n) is 2.33. The van der Waals surface area contributed by atoms with Crippen LogP contribution < -0.4 is 5.32 Å². The normalized spacial score (nSPS) is 10.6. The van der Waals surface area contributed by atoms with Crippen LogP contribution in [0.5, 0.6) is 0 Å². The SMILES string of the molecule is Cc1cc(C)c(CNc2c(F)cccc2F)c(C)c1. The maximum absolute atomic E-state index is 13.5. The second kappa shape index (κ2) is 5.39. The van der Waals surface area contributed by atoms with Crippen LogP contribution in [-0.4, -0.2) is 0 Å². The monoisotopic (exact) mass is 261 g/mol. The highest BCUT2D eigenvalue weighted by Gasteiger charge is 2.09. The smallest absolute Gasteiger partial charge is 0.149 e. The molecule has 100 valence electrons. The summed E-state index contributed by atoms with van der Waals surface area (Å²) in [5.41, 5.74) is 4.45. The lowest BCUT2D eigenvalue weighted by molar-refractivity contribution is 0.588. The van der Waals surface area contributed by atoms with Gasteiger partial charge in [0.05, 0.1) is 0 Å². The van der Waals surface area contributed by atoms with Gasteiger partial charge < -0.3 is 5.32 Å². The molecule has 3 heteroatoms. The van der Waals surface area contributed by atoms with Crippen molar-refractivity contribution in [2.24, 2.45) is 0 Å². The van der Waals surface area contributed by atoms with Gasteiger partial charge in [-0.1, -0.05) is 23.8 Å². The van der Waals surface area contributed by atoms with Crippen LogP contribution in [0, 0.1) is 32.4 Å². The Morgan fingerprint density at radius 3 is 2.00 bits per heavy atom. The summed E-state index contributed by atoms with van der Waals surface area (Å²) in [6.45, 7) is 6.47. The van der Waals surface area contributed by atoms with Crippen LogP contribution in [0.4, 0.5) is 14.5 Å². The summed E-state index contributed by atoms with van der Waals surface area (Å²) >= 11 is 0. The van der Waals surface area contributed by atoms with E-state index in [9.17, 15) is 8.78 Å². The Morgan fingerprint density at radius 2 is 1.47 bits per heavy atom. The predicted octanol–water partition coefficient (Wildman–Crippen LogP) is 4.50. The standard InChI is InChI=1S/C16H17F2N/c1-10-7-11(2)13(12(3)8-10)9-19-16-14(17)5-4-6-15(16)18/h4-8,19H,9H2,1-3H3. The summed E-state index contributed by atoms with van der Waals surface area (Å²) in [6, 6.07) is 8.00. The Labute approximate surface area is 112 Å². The van der Waals surface area contributed by atoms with Gasteiger partial charge in [0.1, 0.15) is 17.3 Å². The largest absolute Gasteiger partial charge is 0.376 e. The minimum absolute atomic E-state index is 0.0677. The third-order valence-electron chi connectivity index (χ3n) is 3.25. The molecule has 1 N–H and O–H groups in total. The van der Waals surface area contributed by atoms with E-state index in [0.29, 0.717) is 6.54 Å². The first kappa shape index (κ1) is 13.5. The Morgan fingerprint density at radius 1 is 0.947 bits per heavy atom. The Balaban J connectivity index is 2.24. The minimum atomic E-state index is -0.567. The highest BCUT2D eigenvalue weighted by molar-refractivity contribution is 5.48. The fraction of sp³-hybridized carbons (Fsp3) is 0.250. The third-order valence-corrected chi connectivity index (χ3v) is 3.25. The molecule has 0 spiro atoms. The molecule has 19 heavy (non-hydrogen) atoms. The van der Waals surface area contributed by atoms with Gasteiger partial charge in [0.2, 0.25) is 0 Å². The molecule has 0 bridgehead atoms. The van der Waals surface area contributed by atoms with Crippen LogP contribution in [0.2, 0.25) is 0 Å². The zero-order valence-corrected chi connectivity index (χ0v) is 11.3. The minimum Gasteiger partial charge on any atom is -0.376 e. The zero-order chi connectivity index (χ0) is 14.0. The van der Waals surface area contributed by atoms with Crippen molar-refractivity contribution < 1.29 is 8.78 Å². The first-order chi connectivity index (χ1) is 8.99. The molecule has 0 heterocycles. The number of rotatable bonds is 3. The lowest BCUT2D eigenvalue weighted by atomic mass is 10.00. The van der Waals surface area contributed by atoms with Gasteiger partial charge in [0.25, 0.3) is 0 Å². The van der Waals surface area contributed by atoms with E-state index in [4.69, 9.17) is 0 Å². The number of aryl methyl sites for hydroxylation is 3. The predicted molar refractivity (Wildman–Crippen MR) is 74.3 cm³/mol. The van der Waals surface area contributed by atoms with Gasteiger partial charge in [-0.2, -0.15) is 0 Å². The topological polar surface area (TPSA) is 12.0 Å². The number of hydrogen-bond donors (Lipinski definition) is 1. The Hall–Kier alpha value is -1.90. The van der Waals surface area contributed by atoms with Gasteiger partial charge >= 0.3 is 0 Å². The number of nitrogens with one attached hydrogen (secondary N) is 1. The van der Waals surface area contributed by atoms with E-state index in [1.165, 1.54) is 23.8 Å². The van der Waals surface area contributed by atoms with E-state index in [0.717, 1.165) is 16.7 Å². The number of benzene rings is 2. The molecule has 0 fully saturated rings. The molecule has 1 nitrogen and oxygen atoms in total. The summed E-state index contributed by atoms with van der Waals surface area (Å²) in [5, 5.41) is 2.85. The summed E-state index contributed by atoms with van der Waals surface area (Å²) in [5.74, 6) is -1.13. The highest BCUT2D eigenvalue weighted by Crippen LogP contribution is 2.21. The third kappa shape index (κ3) is 2.92. The zero-order valence-electron chi connectivity index (χ0n) is 11.3. The molecule has 2 aromatic carbocycles. The number of hydrogen-bond acceptors (Lipinski definition) is 1. The van der Waals surface area contributed by atoms with Gasteiger partial charge in [-0.15, -0.1) is 0 Å². The van der Waals surface area contributed by atoms with E-state index in [2.05, 4.69) is 17.4 Å². The molecule has 2 aromatic rings. The highest BCUT2D eigenvalue weighted by atomic mass is 19.1. The number of halogens is 2. The second-order valence-corrected chi connectivity index (χ2v) is 4.83. The van der Waals surface area contributed by atoms with Crippen LogP contribution in [0.15, 0.2) is 30.3 Å². The van der Waals surface area contributed by atoms with Crippen LogP contribution in [-0.2, 0) is 6.54 Å². The molecule has 0 saturated heterocycles. The van der Waals surface area contributed by atoms with Crippen molar-refractivity contribution in [2.45, 2.75) is 27.3 Å². The van der Waals surface area contributed by atoms with Gasteiger partial charge in [-0.05, 0) is 49.6 Å². The molecule has 0 unspecified atom stereocenters. The van der Waals surface area contributed by atoms with Gasteiger partial charge in [0, 0.05) is 6.54 Å². The van der Waals surface area contributed by atoms with Crippen molar-refractivity contribution in [2.75, 3.05) is 5.32 Å². The molecule has 0 atom stereocenters. The first-order valence-electron chi connectivity index (χ1n) is 6.23. The number of para-hydroxylation sites is 1. The van der Waals surface area contributed by atoms with Gasteiger partial charge in [-0.25, -0.2) is 8.78 Å². The number of anilines is 1. The summed E-state index contributed by atoms with van der Waals surface area (Å²) in [4.78, 5) is 0. The Bertz CT molecular complexity index is 562. The van der Waals surface area contributed by atoms with E-state index in [1.54, 1.807) is 0 Å². The average molecular weight is 261 g/mol. The van der Waals surface area contributed by atoms with Gasteiger partial charge in [-0.3, -0.25) is 0 Å². The molecule has 0 radical (unpaired) electrons. The lowest BCUT2D eigenvalue weighted by Gasteiger charge is -2.14. The van der Waals surface area contributed by atoms with E-state index < -0.39 is 11.6 Å². The van der Waals surface area contributed by atoms with Crippen molar-refractivity contribution in [3.8, 4) is 0 Å². The quantitative estimate of drug-likeness (QED) is 0.857. The fourth-order valence-corrected chi connectivity index (χ4v) is 2.33. The van der Waals surface area contributed by atoms with Crippen LogP contribution in [0.1, 0.15) is 22.3 Å². The summed E-state index contributed by atoms with van der Waals surface area (Å²) < 4.78 is 27.0. The molecular weight excluding hydrogens is 244 g/mol. The summed E-state index contributed by atoms with van der Waals surface area (Å²) in [6.07, 6.45) is 0. The van der Waals surface area contributed by atoms with Crippen molar-refractivity contribution in [1.82, 2.24) is 0 Å². The molecule has 0 amide bonds. The maximum atomic E-state index is 13.5. The van der Waals surface area contributed by atoms with E-state index in [1.807, 2.05) is 20.8 Å². The lowest BCUT2D eigenvalue weighted by Crippen LogP contribution is -2.07. The van der Waals surface area contributed by atoms with Crippen LogP contribution in [0.25, 0.3) is 0 Å². The first-order valence-corrected chi connectivity index (χ1v) is 6.23. The van der Waals surface area contributed by atoms with E-state index in [-0.39, 0.29) is 5.69 Å². The Kier molecular flexibility index (Phi) is 3.84. The van der Waals surface area contributed by atoms with Gasteiger partial charge in [0.15, 0.2) is 0 Å². The van der Waals surface area contributed by atoms with Crippen LogP contribution in [0.3, 0.4) is 0 Å². The average Bonchev–Trinajstić information content (AvgIpc) is 2.31. The summed E-state index contributed by atoms with van der Waals surface area (Å²) in [7, 11) is 0. The van der Waals surface area contributed by atoms with Crippen molar-refractivity contribution in [1.29, 1.82) is 0 Å². The van der Waals surface area contributed by atoms with Crippen molar-refractivity contribution in [3.63, 3.8) is 0 Å². The molecule has 0 aromatic heterocycles. The maximum Gasteiger partial charge on any atom is 0.149 e. The molecule has 2 rings (SSSR count). The molecule has 0 aliphatic rings. The molecular formula is C16H17F2N.